The van der Waals surface area contributed by atoms with Gasteiger partial charge in [0.05, 0.1) is 29.1 Å². The Morgan fingerprint density at radius 3 is 2.40 bits per heavy atom. The lowest BCUT2D eigenvalue weighted by molar-refractivity contribution is -0.135. The Kier molecular flexibility index (Phi) is 14.3. The minimum atomic E-state index is -0.679. The second-order valence-electron chi connectivity index (χ2n) is 22.1. The van der Waals surface area contributed by atoms with Crippen molar-refractivity contribution < 1.29 is 32.6 Å². The highest BCUT2D eigenvalue weighted by molar-refractivity contribution is 6.02. The van der Waals surface area contributed by atoms with Crippen molar-refractivity contribution in [3.63, 3.8) is 0 Å². The molecule has 2 N–H and O–H groups in total. The van der Waals surface area contributed by atoms with Crippen molar-refractivity contribution in [2.45, 2.75) is 107 Å². The molecular formula is C58H66F2N12O6. The molecule has 3 aromatic heterocycles. The summed E-state index contributed by atoms with van der Waals surface area (Å²) in [6.45, 7) is 9.07. The van der Waals surface area contributed by atoms with Crippen molar-refractivity contribution in [2.24, 2.45) is 7.05 Å². The molecule has 20 heteroatoms. The van der Waals surface area contributed by atoms with Crippen LogP contribution in [0.25, 0.3) is 44.0 Å². The number of imidazole rings is 1. The maximum absolute atomic E-state index is 16.1. The number of amides is 3. The Morgan fingerprint density at radius 1 is 0.859 bits per heavy atom. The molecule has 7 aliphatic heterocycles. The largest absolute Gasteiger partial charge is 0.467 e. The standard InChI is InChI=1S/C32H45N7O5.C26H21F2N5O/c1-34-29-22(4-2-6-26(29)39(31(34)42)27-9-10-28(40)33-30(27)41)20-35-14-11-23(12-15-35)36-16-18-37(19-17-36)32(43)44-21-25-8-7-24-5-3-13-38(24)25;1-3-17-20(27)10-7-14-5-4-6-18(21(14)17)23-22(28)24-19(11-29-23)25(32-26(31-24)34-2)33-12-15-8-9-16(13-33)30-15/h2,4,6,23-25,27H,3,5,7-21H2,1H3,(H,33,40,41);1,4-7,10-11,15-16,30H,8-9,12-13H2,2H3. The molecule has 5 atom stereocenters. The molecule has 3 amide bonds. The van der Waals surface area contributed by atoms with E-state index in [1.807, 2.05) is 17.0 Å². The Balaban J connectivity index is 0.000000161. The van der Waals surface area contributed by atoms with Gasteiger partial charge < -0.3 is 24.6 Å². The Labute approximate surface area is 451 Å². The molecule has 2 bridgehead atoms. The summed E-state index contributed by atoms with van der Waals surface area (Å²) in [4.78, 5) is 75.3. The van der Waals surface area contributed by atoms with Crippen molar-refractivity contribution in [3.05, 3.63) is 88.0 Å². The average Bonchev–Trinajstić information content (AvgIpc) is 4.26. The number of aryl methyl sites for hydroxylation is 1. The number of nitrogens with one attached hydrogen (secondary N) is 2. The molecule has 0 spiro atoms. The number of hydrogen-bond donors (Lipinski definition) is 2. The minimum Gasteiger partial charge on any atom is -0.467 e. The summed E-state index contributed by atoms with van der Waals surface area (Å²) >= 11 is 0. The van der Waals surface area contributed by atoms with Crippen molar-refractivity contribution in [3.8, 4) is 29.6 Å². The Bertz CT molecular complexity index is 3410. The number of piperazine rings is 2. The second kappa shape index (κ2) is 21.6. The van der Waals surface area contributed by atoms with E-state index in [1.54, 1.807) is 46.6 Å². The number of rotatable bonds is 9. The van der Waals surface area contributed by atoms with Gasteiger partial charge in [0.2, 0.25) is 11.8 Å². The van der Waals surface area contributed by atoms with Crippen LogP contribution in [-0.4, -0.2) is 164 Å². The number of nitrogens with zero attached hydrogens (tertiary/aromatic N) is 10. The lowest BCUT2D eigenvalue weighted by Gasteiger charge is -2.42. The summed E-state index contributed by atoms with van der Waals surface area (Å²) in [6, 6.07) is 15.9. The highest BCUT2D eigenvalue weighted by Crippen LogP contribution is 2.38. The van der Waals surface area contributed by atoms with E-state index in [0.29, 0.717) is 70.8 Å². The zero-order chi connectivity index (χ0) is 53.8. The molecule has 6 aromatic rings. The molecule has 3 aromatic carbocycles. The molecular weight excluding hydrogens is 999 g/mol. The molecule has 18 nitrogen and oxygen atoms in total. The number of aromatic nitrogens is 5. The number of terminal acetylenes is 1. The molecule has 13 rings (SSSR count). The predicted molar refractivity (Wildman–Crippen MR) is 291 cm³/mol. The summed E-state index contributed by atoms with van der Waals surface area (Å²) < 4.78 is 44.9. The zero-order valence-electron chi connectivity index (χ0n) is 44.3. The summed E-state index contributed by atoms with van der Waals surface area (Å²) in [5.41, 5.74) is 3.05. The van der Waals surface area contributed by atoms with E-state index >= 15 is 4.39 Å². The van der Waals surface area contributed by atoms with Crippen molar-refractivity contribution in [2.75, 3.05) is 77.5 Å². The molecule has 7 fully saturated rings. The minimum absolute atomic E-state index is 0.0484. The van der Waals surface area contributed by atoms with Gasteiger partial charge in [-0.1, -0.05) is 42.3 Å². The van der Waals surface area contributed by atoms with Crippen molar-refractivity contribution >= 4 is 56.4 Å². The van der Waals surface area contributed by atoms with E-state index in [0.717, 1.165) is 114 Å². The fourth-order valence-corrected chi connectivity index (χ4v) is 13.7. The number of pyridine rings is 1. The number of fused-ring (bicyclic) bond motifs is 6. The van der Waals surface area contributed by atoms with Crippen LogP contribution in [0.3, 0.4) is 0 Å². The maximum Gasteiger partial charge on any atom is 0.409 e. The van der Waals surface area contributed by atoms with Gasteiger partial charge in [-0.2, -0.15) is 9.97 Å². The number of carbonyl (C=O) groups is 3. The molecule has 7 aliphatic rings. The van der Waals surface area contributed by atoms with Crippen LogP contribution in [0.15, 0.2) is 59.5 Å². The average molecular weight is 1070 g/mol. The van der Waals surface area contributed by atoms with Crippen molar-refractivity contribution in [1.29, 1.82) is 0 Å². The maximum atomic E-state index is 16.1. The smallest absolute Gasteiger partial charge is 0.409 e. The van der Waals surface area contributed by atoms with Gasteiger partial charge in [0.25, 0.3) is 0 Å². The number of halogens is 2. The number of para-hydroxylation sites is 1. The number of carbonyl (C=O) groups excluding carboxylic acids is 3. The van der Waals surface area contributed by atoms with E-state index in [4.69, 9.17) is 15.9 Å². The number of imide groups is 1. The van der Waals surface area contributed by atoms with Crippen LogP contribution < -0.4 is 26.0 Å². The first-order valence-electron chi connectivity index (χ1n) is 27.7. The van der Waals surface area contributed by atoms with E-state index in [-0.39, 0.29) is 46.9 Å². The Morgan fingerprint density at radius 2 is 1.64 bits per heavy atom. The molecule has 0 saturated carbocycles. The Hall–Kier alpha value is -7.05. The zero-order valence-corrected chi connectivity index (χ0v) is 44.3. The van der Waals surface area contributed by atoms with Gasteiger partial charge in [-0.3, -0.25) is 43.7 Å². The van der Waals surface area contributed by atoms with Crippen LogP contribution in [0.4, 0.5) is 19.4 Å². The number of benzene rings is 3. The van der Waals surface area contributed by atoms with Gasteiger partial charge in [-0.15, -0.1) is 6.42 Å². The van der Waals surface area contributed by atoms with Crippen LogP contribution in [0.1, 0.15) is 81.4 Å². The summed E-state index contributed by atoms with van der Waals surface area (Å²) in [6.07, 6.45) is 16.9. The van der Waals surface area contributed by atoms with Crippen molar-refractivity contribution in [1.82, 2.24) is 54.3 Å². The van der Waals surface area contributed by atoms with Gasteiger partial charge in [-0.05, 0) is 101 Å². The van der Waals surface area contributed by atoms with Gasteiger partial charge in [0.15, 0.2) is 5.82 Å². The summed E-state index contributed by atoms with van der Waals surface area (Å²) in [5.74, 6) is 1.14. The first-order chi connectivity index (χ1) is 37.9. The summed E-state index contributed by atoms with van der Waals surface area (Å²) in [7, 11) is 3.22. The highest BCUT2D eigenvalue weighted by Gasteiger charge is 2.39. The van der Waals surface area contributed by atoms with Crippen LogP contribution in [-0.2, 0) is 27.9 Å². The van der Waals surface area contributed by atoms with Crippen LogP contribution in [0, 0.1) is 24.0 Å². The van der Waals surface area contributed by atoms with Crippen LogP contribution in [0.2, 0.25) is 0 Å². The monoisotopic (exact) mass is 1060 g/mol. The van der Waals surface area contributed by atoms with E-state index in [9.17, 15) is 23.6 Å². The molecule has 408 valence electrons. The molecule has 0 aliphatic carbocycles. The van der Waals surface area contributed by atoms with Crippen LogP contribution >= 0.6 is 0 Å². The molecule has 10 heterocycles. The third-order valence-electron chi connectivity index (χ3n) is 17.6. The third-order valence-corrected chi connectivity index (χ3v) is 17.6. The van der Waals surface area contributed by atoms with Crippen LogP contribution in [0.5, 0.6) is 6.01 Å². The fraction of sp³-hybridized carbons (Fsp3) is 0.500. The number of likely N-dealkylation sites (tertiary alicyclic amines) is 1. The first-order valence-corrected chi connectivity index (χ1v) is 27.7. The van der Waals surface area contributed by atoms with E-state index in [2.05, 4.69) is 57.2 Å². The van der Waals surface area contributed by atoms with Gasteiger partial charge in [-0.25, -0.2) is 18.4 Å². The molecule has 78 heavy (non-hydrogen) atoms. The summed E-state index contributed by atoms with van der Waals surface area (Å²) in [5, 5.41) is 7.62. The fourth-order valence-electron chi connectivity index (χ4n) is 13.7. The topological polar surface area (TPSA) is 176 Å². The molecule has 7 saturated heterocycles. The number of ether oxygens (including phenoxy) is 2. The van der Waals surface area contributed by atoms with Gasteiger partial charge in [0, 0.05) is 107 Å². The van der Waals surface area contributed by atoms with Gasteiger partial charge >= 0.3 is 17.8 Å². The normalized spacial score (nSPS) is 24.1. The van der Waals surface area contributed by atoms with E-state index < -0.39 is 23.6 Å². The first kappa shape index (κ1) is 51.7. The number of anilines is 1. The SMILES string of the molecule is C#Cc1c(F)ccc2cccc(-c3ncc4c(N5CC6CCC(C5)N6)nc(OC)nc4c3F)c12.Cn1c(=O)n(C2CCC(=O)NC2=O)c2cccc(CN3CCC(N4CCN(C(=O)OCC5CCC6CCCN65)CC4)CC3)c21. The molecule has 0 radical (unpaired) electrons. The van der Waals surface area contributed by atoms with E-state index in [1.165, 1.54) is 32.4 Å². The lowest BCUT2D eigenvalue weighted by atomic mass is 9.96. The highest BCUT2D eigenvalue weighted by atomic mass is 19.1. The van der Waals surface area contributed by atoms with Gasteiger partial charge in [0.1, 0.15) is 35.5 Å². The predicted octanol–water partition coefficient (Wildman–Crippen LogP) is 5.72. The second-order valence-corrected chi connectivity index (χ2v) is 22.1. The number of piperidine rings is 2. The number of hydrogen-bond acceptors (Lipinski definition) is 14. The molecule has 5 unspecified atom stereocenters. The lowest BCUT2D eigenvalue weighted by Crippen LogP contribution is -2.54. The number of methoxy groups -OCH3 is 1. The third kappa shape index (κ3) is 9.72. The quantitative estimate of drug-likeness (QED) is 0.133.